The van der Waals surface area contributed by atoms with Crippen LogP contribution >= 0.6 is 0 Å². The largest absolute Gasteiger partial charge is 0.349 e. The number of hydrogen-bond acceptors (Lipinski definition) is 4. The summed E-state index contributed by atoms with van der Waals surface area (Å²) >= 11 is 0. The van der Waals surface area contributed by atoms with Crippen LogP contribution in [0.2, 0.25) is 0 Å². The standard InChI is InChI=1S/C16H29N5O/c1-3-20(4-2)12-11-17-16(22)15-13-21(19-18-15)14-9-7-5-6-8-10-14/h13-14H,3-12H2,1-2H3,(H,17,22). The molecule has 1 fully saturated rings. The van der Waals surface area contributed by atoms with Crippen LogP contribution in [-0.4, -0.2) is 52.0 Å². The molecule has 1 N–H and O–H groups in total. The molecule has 0 aromatic carbocycles. The lowest BCUT2D eigenvalue weighted by molar-refractivity contribution is 0.0944. The van der Waals surface area contributed by atoms with Crippen LogP contribution in [0.15, 0.2) is 6.20 Å². The maximum atomic E-state index is 12.1. The lowest BCUT2D eigenvalue weighted by Crippen LogP contribution is -2.34. The summed E-state index contributed by atoms with van der Waals surface area (Å²) < 4.78 is 1.89. The van der Waals surface area contributed by atoms with E-state index in [0.717, 1.165) is 32.5 Å². The summed E-state index contributed by atoms with van der Waals surface area (Å²) in [7, 11) is 0. The molecule has 1 aliphatic rings. The van der Waals surface area contributed by atoms with Gasteiger partial charge in [-0.1, -0.05) is 44.7 Å². The van der Waals surface area contributed by atoms with Crippen molar-refractivity contribution in [3.63, 3.8) is 0 Å². The van der Waals surface area contributed by atoms with E-state index in [0.29, 0.717) is 18.3 Å². The third kappa shape index (κ3) is 4.80. The Hall–Kier alpha value is -1.43. The van der Waals surface area contributed by atoms with Crippen molar-refractivity contribution in [2.24, 2.45) is 0 Å². The van der Waals surface area contributed by atoms with Gasteiger partial charge in [0.1, 0.15) is 0 Å². The maximum absolute atomic E-state index is 12.1. The molecule has 1 heterocycles. The summed E-state index contributed by atoms with van der Waals surface area (Å²) in [6.45, 7) is 7.79. The molecule has 124 valence electrons. The zero-order valence-corrected chi connectivity index (χ0v) is 13.9. The molecule has 2 rings (SSSR count). The van der Waals surface area contributed by atoms with Gasteiger partial charge in [-0.25, -0.2) is 4.68 Å². The van der Waals surface area contributed by atoms with E-state index >= 15 is 0 Å². The first-order chi connectivity index (χ1) is 10.7. The van der Waals surface area contributed by atoms with Crippen molar-refractivity contribution in [3.05, 3.63) is 11.9 Å². The summed E-state index contributed by atoms with van der Waals surface area (Å²) in [5.41, 5.74) is 0.434. The fourth-order valence-corrected chi connectivity index (χ4v) is 3.04. The average molecular weight is 307 g/mol. The summed E-state index contributed by atoms with van der Waals surface area (Å²) in [6, 6.07) is 0.409. The Morgan fingerprint density at radius 2 is 1.95 bits per heavy atom. The molecule has 1 amide bonds. The van der Waals surface area contributed by atoms with Gasteiger partial charge in [-0.3, -0.25) is 4.79 Å². The Labute approximate surface area is 133 Å². The number of carbonyl (C=O) groups excluding carboxylic acids is 1. The van der Waals surface area contributed by atoms with Gasteiger partial charge in [0.2, 0.25) is 0 Å². The zero-order chi connectivity index (χ0) is 15.8. The number of rotatable bonds is 7. The van der Waals surface area contributed by atoms with E-state index in [9.17, 15) is 4.79 Å². The zero-order valence-electron chi connectivity index (χ0n) is 13.9. The molecule has 6 heteroatoms. The Morgan fingerprint density at radius 3 is 2.59 bits per heavy atom. The molecule has 0 aliphatic heterocycles. The monoisotopic (exact) mass is 307 g/mol. The second kappa shape index (κ2) is 8.88. The second-order valence-corrected chi connectivity index (χ2v) is 6.01. The third-order valence-electron chi connectivity index (χ3n) is 4.55. The normalized spacial score (nSPS) is 16.7. The van der Waals surface area contributed by atoms with E-state index < -0.39 is 0 Å². The summed E-state index contributed by atoms with van der Waals surface area (Å²) in [5, 5.41) is 11.2. The molecule has 0 atom stereocenters. The van der Waals surface area contributed by atoms with Crippen molar-refractivity contribution in [1.29, 1.82) is 0 Å². The third-order valence-corrected chi connectivity index (χ3v) is 4.55. The lowest BCUT2D eigenvalue weighted by Gasteiger charge is -2.17. The molecule has 0 saturated heterocycles. The predicted molar refractivity (Wildman–Crippen MR) is 86.9 cm³/mol. The molecule has 0 radical (unpaired) electrons. The average Bonchev–Trinajstić information content (AvgIpc) is 2.87. The quantitative estimate of drug-likeness (QED) is 0.785. The molecule has 1 aromatic heterocycles. The van der Waals surface area contributed by atoms with Crippen LogP contribution in [0.3, 0.4) is 0 Å². The van der Waals surface area contributed by atoms with Crippen molar-refractivity contribution >= 4 is 5.91 Å². The van der Waals surface area contributed by atoms with Gasteiger partial charge in [0.25, 0.3) is 5.91 Å². The van der Waals surface area contributed by atoms with Crippen LogP contribution in [0.1, 0.15) is 68.9 Å². The Bertz CT molecular complexity index is 447. The first-order valence-corrected chi connectivity index (χ1v) is 8.67. The number of nitrogens with zero attached hydrogens (tertiary/aromatic N) is 4. The number of nitrogens with one attached hydrogen (secondary N) is 1. The van der Waals surface area contributed by atoms with E-state index in [1.165, 1.54) is 25.7 Å². The van der Waals surface area contributed by atoms with Crippen LogP contribution < -0.4 is 5.32 Å². The molecular weight excluding hydrogens is 278 g/mol. The highest BCUT2D eigenvalue weighted by atomic mass is 16.2. The Morgan fingerprint density at radius 1 is 1.27 bits per heavy atom. The SMILES string of the molecule is CCN(CC)CCNC(=O)c1cn(C2CCCCCC2)nn1. The van der Waals surface area contributed by atoms with Crippen LogP contribution in [0.4, 0.5) is 0 Å². The van der Waals surface area contributed by atoms with Crippen molar-refractivity contribution in [2.45, 2.75) is 58.4 Å². The highest BCUT2D eigenvalue weighted by Gasteiger charge is 2.18. The molecule has 1 saturated carbocycles. The molecular formula is C16H29N5O. The summed E-state index contributed by atoms with van der Waals surface area (Å²) in [4.78, 5) is 14.4. The maximum Gasteiger partial charge on any atom is 0.273 e. The van der Waals surface area contributed by atoms with E-state index in [-0.39, 0.29) is 5.91 Å². The molecule has 1 aliphatic carbocycles. The Balaban J connectivity index is 1.83. The second-order valence-electron chi connectivity index (χ2n) is 6.01. The van der Waals surface area contributed by atoms with E-state index in [4.69, 9.17) is 0 Å². The van der Waals surface area contributed by atoms with Gasteiger partial charge in [-0.05, 0) is 25.9 Å². The first-order valence-electron chi connectivity index (χ1n) is 8.67. The van der Waals surface area contributed by atoms with Crippen molar-refractivity contribution in [2.75, 3.05) is 26.2 Å². The first kappa shape index (κ1) is 16.9. The highest BCUT2D eigenvalue weighted by molar-refractivity contribution is 5.91. The fourth-order valence-electron chi connectivity index (χ4n) is 3.04. The van der Waals surface area contributed by atoms with Crippen molar-refractivity contribution in [1.82, 2.24) is 25.2 Å². The van der Waals surface area contributed by atoms with Crippen LogP contribution in [0, 0.1) is 0 Å². The van der Waals surface area contributed by atoms with Gasteiger partial charge >= 0.3 is 0 Å². The van der Waals surface area contributed by atoms with Crippen LogP contribution in [-0.2, 0) is 0 Å². The molecule has 0 spiro atoms. The minimum absolute atomic E-state index is 0.118. The van der Waals surface area contributed by atoms with Gasteiger partial charge in [-0.2, -0.15) is 0 Å². The molecule has 1 aromatic rings. The van der Waals surface area contributed by atoms with Gasteiger partial charge < -0.3 is 10.2 Å². The van der Waals surface area contributed by atoms with Crippen LogP contribution in [0.5, 0.6) is 0 Å². The minimum atomic E-state index is -0.118. The van der Waals surface area contributed by atoms with Crippen molar-refractivity contribution < 1.29 is 4.79 Å². The summed E-state index contributed by atoms with van der Waals surface area (Å²) in [5.74, 6) is -0.118. The number of aromatic nitrogens is 3. The van der Waals surface area contributed by atoms with E-state index in [1.807, 2.05) is 10.9 Å². The fraction of sp³-hybridized carbons (Fsp3) is 0.812. The molecule has 22 heavy (non-hydrogen) atoms. The lowest BCUT2D eigenvalue weighted by atomic mass is 10.1. The smallest absolute Gasteiger partial charge is 0.273 e. The molecule has 0 unspecified atom stereocenters. The van der Waals surface area contributed by atoms with Gasteiger partial charge in [-0.15, -0.1) is 5.10 Å². The molecule has 6 nitrogen and oxygen atoms in total. The van der Waals surface area contributed by atoms with E-state index in [2.05, 4.69) is 34.4 Å². The highest BCUT2D eigenvalue weighted by Crippen LogP contribution is 2.26. The van der Waals surface area contributed by atoms with Gasteiger partial charge in [0.15, 0.2) is 5.69 Å². The molecule has 0 bridgehead atoms. The number of likely N-dealkylation sites (N-methyl/N-ethyl adjacent to an activating group) is 1. The van der Waals surface area contributed by atoms with Crippen molar-refractivity contribution in [3.8, 4) is 0 Å². The minimum Gasteiger partial charge on any atom is -0.349 e. The number of carbonyl (C=O) groups is 1. The van der Waals surface area contributed by atoms with Gasteiger partial charge in [0, 0.05) is 13.1 Å². The topological polar surface area (TPSA) is 63.1 Å². The Kier molecular flexibility index (Phi) is 6.83. The number of amides is 1. The predicted octanol–water partition coefficient (Wildman–Crippen LogP) is 2.24. The summed E-state index contributed by atoms with van der Waals surface area (Å²) in [6.07, 6.45) is 9.21. The van der Waals surface area contributed by atoms with E-state index in [1.54, 1.807) is 0 Å². The van der Waals surface area contributed by atoms with Gasteiger partial charge in [0.05, 0.1) is 12.2 Å². The van der Waals surface area contributed by atoms with Crippen LogP contribution in [0.25, 0.3) is 0 Å². The number of hydrogen-bond donors (Lipinski definition) is 1.